The smallest absolute Gasteiger partial charge is 0.0494 e. The first kappa shape index (κ1) is 18.7. The number of rotatable bonds is 3. The van der Waals surface area contributed by atoms with Gasteiger partial charge in [-0.25, -0.2) is 0 Å². The topological polar surface area (TPSA) is 3.24 Å². The fraction of sp³-hybridized carbons (Fsp3) is 0.125. The molecule has 7 rings (SSSR count). The molecule has 0 spiro atoms. The SMILES string of the molecule is Cc1ccc2cc(N(C)c3cccc(-c4ccc5c(c4)CC5)c3)c3cccc4ccc1c2c43. The van der Waals surface area contributed by atoms with E-state index in [2.05, 4.69) is 110 Å². The summed E-state index contributed by atoms with van der Waals surface area (Å²) < 4.78 is 0. The molecule has 0 heterocycles. The van der Waals surface area contributed by atoms with E-state index >= 15 is 0 Å². The second kappa shape index (κ2) is 6.83. The zero-order valence-electron chi connectivity index (χ0n) is 19.0. The molecule has 1 nitrogen and oxygen atoms in total. The van der Waals surface area contributed by atoms with Crippen molar-refractivity contribution >= 4 is 43.7 Å². The van der Waals surface area contributed by atoms with Crippen molar-refractivity contribution in [1.29, 1.82) is 0 Å². The van der Waals surface area contributed by atoms with Crippen molar-refractivity contribution in [3.05, 3.63) is 108 Å². The van der Waals surface area contributed by atoms with Crippen LogP contribution in [0.15, 0.2) is 91.0 Å². The maximum absolute atomic E-state index is 2.37. The minimum atomic E-state index is 1.21. The van der Waals surface area contributed by atoms with E-state index in [1.54, 1.807) is 0 Å². The first-order chi connectivity index (χ1) is 16.2. The van der Waals surface area contributed by atoms with Crippen molar-refractivity contribution in [1.82, 2.24) is 0 Å². The molecule has 0 fully saturated rings. The molecule has 1 aliphatic carbocycles. The van der Waals surface area contributed by atoms with Crippen LogP contribution in [0.4, 0.5) is 11.4 Å². The molecule has 0 N–H and O–H groups in total. The molecule has 0 saturated heterocycles. The molecule has 0 unspecified atom stereocenters. The van der Waals surface area contributed by atoms with Crippen molar-refractivity contribution in [2.24, 2.45) is 0 Å². The average Bonchev–Trinajstić information content (AvgIpc) is 2.84. The van der Waals surface area contributed by atoms with Crippen LogP contribution in [0, 0.1) is 6.92 Å². The Hall–Kier alpha value is -3.84. The first-order valence-electron chi connectivity index (χ1n) is 11.8. The van der Waals surface area contributed by atoms with Crippen LogP contribution in [-0.4, -0.2) is 7.05 Å². The molecular weight excluding hydrogens is 398 g/mol. The predicted molar refractivity (Wildman–Crippen MR) is 142 cm³/mol. The molecule has 0 aliphatic heterocycles. The highest BCUT2D eigenvalue weighted by atomic mass is 15.1. The summed E-state index contributed by atoms with van der Waals surface area (Å²) in [6.45, 7) is 2.21. The van der Waals surface area contributed by atoms with Crippen molar-refractivity contribution in [3.8, 4) is 11.1 Å². The standard InChI is InChI=1S/C32H25N/c1-20-9-10-26-19-30(29-8-4-5-22-15-16-28(20)32(26)31(22)29)33(2)27-7-3-6-23(18-27)25-14-12-21-11-13-24(21)17-25/h3-10,12,14-19H,11,13H2,1-2H3. The Kier molecular flexibility index (Phi) is 3.87. The summed E-state index contributed by atoms with van der Waals surface area (Å²) in [4.78, 5) is 2.35. The third-order valence-electron chi connectivity index (χ3n) is 7.64. The van der Waals surface area contributed by atoms with Crippen LogP contribution < -0.4 is 4.90 Å². The summed E-state index contributed by atoms with van der Waals surface area (Å²) in [6.07, 6.45) is 2.44. The fourth-order valence-corrected chi connectivity index (χ4v) is 5.64. The van der Waals surface area contributed by atoms with E-state index in [4.69, 9.17) is 0 Å². The van der Waals surface area contributed by atoms with E-state index in [-0.39, 0.29) is 0 Å². The van der Waals surface area contributed by atoms with Gasteiger partial charge in [-0.1, -0.05) is 72.8 Å². The van der Waals surface area contributed by atoms with E-state index in [0.29, 0.717) is 0 Å². The summed E-state index contributed by atoms with van der Waals surface area (Å²) in [5, 5.41) is 8.04. The second-order valence-corrected chi connectivity index (χ2v) is 9.49. The van der Waals surface area contributed by atoms with Gasteiger partial charge >= 0.3 is 0 Å². The third kappa shape index (κ3) is 2.72. The Labute approximate surface area is 194 Å². The summed E-state index contributed by atoms with van der Waals surface area (Å²) in [5.41, 5.74) is 9.40. The van der Waals surface area contributed by atoms with Crippen molar-refractivity contribution in [2.75, 3.05) is 11.9 Å². The molecule has 0 aromatic heterocycles. The monoisotopic (exact) mass is 423 g/mol. The van der Waals surface area contributed by atoms with Crippen molar-refractivity contribution in [2.45, 2.75) is 19.8 Å². The lowest BCUT2D eigenvalue weighted by Gasteiger charge is -2.25. The van der Waals surface area contributed by atoms with Gasteiger partial charge in [-0.15, -0.1) is 0 Å². The molecule has 6 aromatic carbocycles. The first-order valence-corrected chi connectivity index (χ1v) is 11.8. The maximum atomic E-state index is 2.37. The Balaban J connectivity index is 1.42. The zero-order chi connectivity index (χ0) is 22.1. The molecule has 0 amide bonds. The summed E-state index contributed by atoms with van der Waals surface area (Å²) >= 11 is 0. The number of fused-ring (bicyclic) bond motifs is 1. The van der Waals surface area contributed by atoms with Crippen LogP contribution >= 0.6 is 0 Å². The van der Waals surface area contributed by atoms with Crippen LogP contribution in [0.3, 0.4) is 0 Å². The van der Waals surface area contributed by atoms with Gasteiger partial charge in [-0.05, 0) is 92.7 Å². The zero-order valence-corrected chi connectivity index (χ0v) is 19.0. The highest BCUT2D eigenvalue weighted by molar-refractivity contribution is 6.26. The van der Waals surface area contributed by atoms with Crippen LogP contribution in [-0.2, 0) is 12.8 Å². The highest BCUT2D eigenvalue weighted by Crippen LogP contribution is 2.42. The van der Waals surface area contributed by atoms with E-state index in [1.807, 2.05) is 0 Å². The van der Waals surface area contributed by atoms with E-state index < -0.39 is 0 Å². The van der Waals surface area contributed by atoms with Crippen LogP contribution in [0.1, 0.15) is 16.7 Å². The molecule has 6 aromatic rings. The Bertz CT molecular complexity index is 1690. The molecule has 0 bridgehead atoms. The summed E-state index contributed by atoms with van der Waals surface area (Å²) in [7, 11) is 2.20. The largest absolute Gasteiger partial charge is 0.344 e. The van der Waals surface area contributed by atoms with Gasteiger partial charge in [0.25, 0.3) is 0 Å². The lowest BCUT2D eigenvalue weighted by atomic mass is 9.86. The Morgan fingerprint density at radius 3 is 2.24 bits per heavy atom. The quantitative estimate of drug-likeness (QED) is 0.258. The van der Waals surface area contributed by atoms with Crippen LogP contribution in [0.2, 0.25) is 0 Å². The molecular formula is C32H25N. The maximum Gasteiger partial charge on any atom is 0.0494 e. The van der Waals surface area contributed by atoms with Crippen molar-refractivity contribution in [3.63, 3.8) is 0 Å². The van der Waals surface area contributed by atoms with Gasteiger partial charge in [-0.3, -0.25) is 0 Å². The van der Waals surface area contributed by atoms with Gasteiger partial charge in [0.15, 0.2) is 0 Å². The van der Waals surface area contributed by atoms with Gasteiger partial charge in [0.05, 0.1) is 0 Å². The molecule has 158 valence electrons. The van der Waals surface area contributed by atoms with Gasteiger partial charge in [0.2, 0.25) is 0 Å². The fourth-order valence-electron chi connectivity index (χ4n) is 5.64. The lowest BCUT2D eigenvalue weighted by molar-refractivity contribution is 0.840. The van der Waals surface area contributed by atoms with Gasteiger partial charge in [0, 0.05) is 23.8 Å². The minimum Gasteiger partial charge on any atom is -0.344 e. The third-order valence-corrected chi connectivity index (χ3v) is 7.64. The number of benzene rings is 6. The number of aryl methyl sites for hydroxylation is 3. The summed E-state index contributed by atoms with van der Waals surface area (Å²) in [6, 6.07) is 34.0. The van der Waals surface area contributed by atoms with Crippen molar-refractivity contribution < 1.29 is 0 Å². The molecule has 0 saturated carbocycles. The normalized spacial score (nSPS) is 12.9. The molecule has 0 radical (unpaired) electrons. The number of hydrogen-bond donors (Lipinski definition) is 0. The summed E-state index contributed by atoms with van der Waals surface area (Å²) in [5.74, 6) is 0. The number of nitrogens with zero attached hydrogens (tertiary/aromatic N) is 1. The number of anilines is 2. The molecule has 1 heteroatoms. The van der Waals surface area contributed by atoms with Crippen LogP contribution in [0.25, 0.3) is 43.4 Å². The number of hydrogen-bond acceptors (Lipinski definition) is 1. The predicted octanol–water partition coefficient (Wildman–Crippen LogP) is 8.43. The van der Waals surface area contributed by atoms with E-state index in [0.717, 1.165) is 0 Å². The molecule has 0 atom stereocenters. The van der Waals surface area contributed by atoms with E-state index in [9.17, 15) is 0 Å². The van der Waals surface area contributed by atoms with E-state index in [1.165, 1.54) is 84.4 Å². The Morgan fingerprint density at radius 1 is 0.606 bits per heavy atom. The van der Waals surface area contributed by atoms with Crippen LogP contribution in [0.5, 0.6) is 0 Å². The average molecular weight is 424 g/mol. The lowest BCUT2D eigenvalue weighted by Crippen LogP contribution is -2.10. The highest BCUT2D eigenvalue weighted by Gasteiger charge is 2.17. The van der Waals surface area contributed by atoms with Gasteiger partial charge in [-0.2, -0.15) is 0 Å². The van der Waals surface area contributed by atoms with Gasteiger partial charge < -0.3 is 4.90 Å². The Morgan fingerprint density at radius 2 is 1.39 bits per heavy atom. The van der Waals surface area contributed by atoms with Gasteiger partial charge in [0.1, 0.15) is 0 Å². The molecule has 33 heavy (non-hydrogen) atoms. The second-order valence-electron chi connectivity index (χ2n) is 9.49. The minimum absolute atomic E-state index is 1.21. The molecule has 1 aliphatic rings.